The molecule has 0 fully saturated rings. The van der Waals surface area contributed by atoms with E-state index in [4.69, 9.17) is 16.3 Å². The summed E-state index contributed by atoms with van der Waals surface area (Å²) in [5, 5.41) is 7.22. The van der Waals surface area contributed by atoms with Crippen LogP contribution in [0.4, 0.5) is 10.5 Å². The third-order valence-corrected chi connectivity index (χ3v) is 3.59. The minimum absolute atomic E-state index is 0.438. The van der Waals surface area contributed by atoms with Crippen molar-refractivity contribution in [3.8, 4) is 11.5 Å². The number of hydrazone groups is 1. The summed E-state index contributed by atoms with van der Waals surface area (Å²) in [5.74, 6) is 1.44. The second-order valence-electron chi connectivity index (χ2n) is 5.32. The number of halogens is 1. The molecule has 0 saturated heterocycles. The van der Waals surface area contributed by atoms with Crippen LogP contribution in [0.5, 0.6) is 11.5 Å². The summed E-state index contributed by atoms with van der Waals surface area (Å²) in [4.78, 5) is 11.8. The molecule has 0 spiro atoms. The number of hydrogen-bond donors (Lipinski definition) is 2. The van der Waals surface area contributed by atoms with Crippen molar-refractivity contribution in [2.45, 2.75) is 0 Å². The smallest absolute Gasteiger partial charge is 0.339 e. The third-order valence-electron chi connectivity index (χ3n) is 3.34. The van der Waals surface area contributed by atoms with E-state index in [9.17, 15) is 4.79 Å². The number of para-hydroxylation sites is 1. The number of benzene rings is 3. The second kappa shape index (κ2) is 8.69. The summed E-state index contributed by atoms with van der Waals surface area (Å²) in [6.45, 7) is 0. The van der Waals surface area contributed by atoms with Gasteiger partial charge >= 0.3 is 6.03 Å². The monoisotopic (exact) mass is 365 g/mol. The molecule has 0 radical (unpaired) electrons. The Morgan fingerprint density at radius 3 is 2.23 bits per heavy atom. The number of anilines is 1. The van der Waals surface area contributed by atoms with E-state index in [0.717, 1.165) is 11.3 Å². The van der Waals surface area contributed by atoms with Gasteiger partial charge in [-0.05, 0) is 54.1 Å². The number of ether oxygens (including phenoxy) is 1. The topological polar surface area (TPSA) is 62.7 Å². The van der Waals surface area contributed by atoms with E-state index in [1.54, 1.807) is 48.5 Å². The zero-order chi connectivity index (χ0) is 18.2. The molecule has 130 valence electrons. The largest absolute Gasteiger partial charge is 0.457 e. The average molecular weight is 366 g/mol. The van der Waals surface area contributed by atoms with E-state index in [1.165, 1.54) is 6.21 Å². The van der Waals surface area contributed by atoms with Crippen molar-refractivity contribution >= 4 is 29.5 Å². The van der Waals surface area contributed by atoms with Crippen LogP contribution in [0.15, 0.2) is 84.0 Å². The van der Waals surface area contributed by atoms with Crippen LogP contribution < -0.4 is 15.5 Å². The van der Waals surface area contributed by atoms with Gasteiger partial charge in [-0.1, -0.05) is 41.9 Å². The molecule has 5 nitrogen and oxygen atoms in total. The maximum Gasteiger partial charge on any atom is 0.339 e. The predicted octanol–water partition coefficient (Wildman–Crippen LogP) is 5.29. The van der Waals surface area contributed by atoms with E-state index >= 15 is 0 Å². The van der Waals surface area contributed by atoms with E-state index in [-0.39, 0.29) is 0 Å². The lowest BCUT2D eigenvalue weighted by Gasteiger charge is -2.07. The van der Waals surface area contributed by atoms with Crippen molar-refractivity contribution in [1.29, 1.82) is 0 Å². The Balaban J connectivity index is 1.50. The SMILES string of the molecule is O=C(N/N=C/c1ccc(Cl)cc1)Nc1ccc(Oc2ccccc2)cc1. The fourth-order valence-corrected chi connectivity index (χ4v) is 2.23. The van der Waals surface area contributed by atoms with Gasteiger partial charge in [0.05, 0.1) is 6.21 Å². The number of amides is 2. The Hall–Kier alpha value is -3.31. The van der Waals surface area contributed by atoms with E-state index in [1.807, 2.05) is 30.3 Å². The van der Waals surface area contributed by atoms with Crippen molar-refractivity contribution in [1.82, 2.24) is 5.43 Å². The van der Waals surface area contributed by atoms with Gasteiger partial charge in [0.15, 0.2) is 0 Å². The summed E-state index contributed by atoms with van der Waals surface area (Å²) in [5.41, 5.74) is 3.86. The Labute approximate surface area is 156 Å². The van der Waals surface area contributed by atoms with Gasteiger partial charge in [-0.3, -0.25) is 0 Å². The second-order valence-corrected chi connectivity index (χ2v) is 5.75. The molecule has 0 aliphatic rings. The highest BCUT2D eigenvalue weighted by Gasteiger charge is 2.01. The molecule has 2 N–H and O–H groups in total. The van der Waals surface area contributed by atoms with Crippen molar-refractivity contribution in [2.24, 2.45) is 5.10 Å². The summed E-state index contributed by atoms with van der Waals surface area (Å²) in [7, 11) is 0. The van der Waals surface area contributed by atoms with Crippen LogP contribution in [0.25, 0.3) is 0 Å². The van der Waals surface area contributed by atoms with E-state index in [2.05, 4.69) is 15.8 Å². The molecule has 0 bridgehead atoms. The first-order chi connectivity index (χ1) is 12.7. The van der Waals surface area contributed by atoms with Gasteiger partial charge in [0.1, 0.15) is 11.5 Å². The van der Waals surface area contributed by atoms with Crippen molar-refractivity contribution in [2.75, 3.05) is 5.32 Å². The van der Waals surface area contributed by atoms with Gasteiger partial charge in [0.2, 0.25) is 0 Å². The first kappa shape index (κ1) is 17.5. The van der Waals surface area contributed by atoms with Crippen molar-refractivity contribution in [3.63, 3.8) is 0 Å². The predicted molar refractivity (Wildman–Crippen MR) is 104 cm³/mol. The van der Waals surface area contributed by atoms with Gasteiger partial charge in [-0.25, -0.2) is 10.2 Å². The van der Waals surface area contributed by atoms with Crippen LogP contribution in [0.3, 0.4) is 0 Å². The van der Waals surface area contributed by atoms with Crippen molar-refractivity contribution < 1.29 is 9.53 Å². The molecular formula is C20H16ClN3O2. The standard InChI is InChI=1S/C20H16ClN3O2/c21-16-8-6-15(7-9-16)14-22-24-20(25)23-17-10-12-19(13-11-17)26-18-4-2-1-3-5-18/h1-14H,(H2,23,24,25)/b22-14+. The van der Waals surface area contributed by atoms with Crippen LogP contribution in [0.2, 0.25) is 5.02 Å². The van der Waals surface area contributed by atoms with Crippen LogP contribution in [-0.4, -0.2) is 12.2 Å². The molecule has 0 aliphatic carbocycles. The normalized spacial score (nSPS) is 10.5. The molecule has 3 aromatic carbocycles. The molecule has 0 unspecified atom stereocenters. The van der Waals surface area contributed by atoms with Gasteiger partial charge < -0.3 is 10.1 Å². The fraction of sp³-hybridized carbons (Fsp3) is 0. The van der Waals surface area contributed by atoms with Crippen LogP contribution >= 0.6 is 11.6 Å². The highest BCUT2D eigenvalue weighted by molar-refractivity contribution is 6.30. The lowest BCUT2D eigenvalue weighted by atomic mass is 10.2. The Morgan fingerprint density at radius 2 is 1.54 bits per heavy atom. The summed E-state index contributed by atoms with van der Waals surface area (Å²) in [6, 6.07) is 23.2. The van der Waals surface area contributed by atoms with Gasteiger partial charge in [0.25, 0.3) is 0 Å². The van der Waals surface area contributed by atoms with Gasteiger partial charge in [-0.2, -0.15) is 5.10 Å². The quantitative estimate of drug-likeness (QED) is 0.476. The number of nitrogens with one attached hydrogen (secondary N) is 2. The summed E-state index contributed by atoms with van der Waals surface area (Å²) < 4.78 is 5.70. The highest BCUT2D eigenvalue weighted by atomic mass is 35.5. The van der Waals surface area contributed by atoms with Crippen LogP contribution in [0.1, 0.15) is 5.56 Å². The number of hydrogen-bond acceptors (Lipinski definition) is 3. The number of urea groups is 1. The molecule has 3 rings (SSSR count). The fourth-order valence-electron chi connectivity index (χ4n) is 2.10. The minimum Gasteiger partial charge on any atom is -0.457 e. The number of carbonyl (C=O) groups is 1. The molecule has 0 aliphatic heterocycles. The van der Waals surface area contributed by atoms with Gasteiger partial charge in [0, 0.05) is 10.7 Å². The van der Waals surface area contributed by atoms with Gasteiger partial charge in [-0.15, -0.1) is 0 Å². The zero-order valence-electron chi connectivity index (χ0n) is 13.7. The molecule has 0 atom stereocenters. The molecule has 0 aromatic heterocycles. The first-order valence-electron chi connectivity index (χ1n) is 7.88. The highest BCUT2D eigenvalue weighted by Crippen LogP contribution is 2.22. The molecular weight excluding hydrogens is 350 g/mol. The minimum atomic E-state index is -0.438. The molecule has 6 heteroatoms. The Bertz CT molecular complexity index is 879. The lowest BCUT2D eigenvalue weighted by Crippen LogP contribution is -2.24. The number of nitrogens with zero attached hydrogens (tertiary/aromatic N) is 1. The Kier molecular flexibility index (Phi) is 5.85. The number of carbonyl (C=O) groups excluding carboxylic acids is 1. The molecule has 2 amide bonds. The lowest BCUT2D eigenvalue weighted by molar-refractivity contribution is 0.252. The van der Waals surface area contributed by atoms with E-state index < -0.39 is 6.03 Å². The molecule has 0 heterocycles. The van der Waals surface area contributed by atoms with Crippen LogP contribution in [-0.2, 0) is 0 Å². The molecule has 26 heavy (non-hydrogen) atoms. The third kappa shape index (κ3) is 5.36. The maximum atomic E-state index is 11.8. The molecule has 3 aromatic rings. The zero-order valence-corrected chi connectivity index (χ0v) is 14.5. The average Bonchev–Trinajstić information content (AvgIpc) is 2.66. The number of rotatable bonds is 5. The van der Waals surface area contributed by atoms with Crippen LogP contribution in [0, 0.1) is 0 Å². The van der Waals surface area contributed by atoms with E-state index in [0.29, 0.717) is 16.5 Å². The summed E-state index contributed by atoms with van der Waals surface area (Å²) >= 11 is 5.81. The Morgan fingerprint density at radius 1 is 0.885 bits per heavy atom. The summed E-state index contributed by atoms with van der Waals surface area (Å²) in [6.07, 6.45) is 1.53. The first-order valence-corrected chi connectivity index (χ1v) is 8.25. The molecule has 0 saturated carbocycles. The van der Waals surface area contributed by atoms with Crippen molar-refractivity contribution in [3.05, 3.63) is 89.4 Å². The maximum absolute atomic E-state index is 11.8.